The summed E-state index contributed by atoms with van der Waals surface area (Å²) < 4.78 is 34.2. The Hall–Kier alpha value is -1.76. The maximum Gasteiger partial charge on any atom is 0.192 e. The fourth-order valence-corrected chi connectivity index (χ4v) is 4.61. The minimum absolute atomic E-state index is 0.0524. The third-order valence-corrected chi connectivity index (χ3v) is 7.39. The van der Waals surface area contributed by atoms with Gasteiger partial charge >= 0.3 is 0 Å². The Morgan fingerprint density at radius 3 is 2.45 bits per heavy atom. The van der Waals surface area contributed by atoms with Gasteiger partial charge in [0.25, 0.3) is 0 Å². The van der Waals surface area contributed by atoms with Gasteiger partial charge in [-0.1, -0.05) is 6.92 Å². The predicted octanol–water partition coefficient (Wildman–Crippen LogP) is -0.0717. The second-order valence-corrected chi connectivity index (χ2v) is 11.1. The summed E-state index contributed by atoms with van der Waals surface area (Å²) in [6.07, 6.45) is -1.94. The van der Waals surface area contributed by atoms with Gasteiger partial charge in [-0.3, -0.25) is 9.59 Å². The zero-order valence-corrected chi connectivity index (χ0v) is 19.6. The van der Waals surface area contributed by atoms with Gasteiger partial charge in [-0.05, 0) is 19.1 Å². The molecule has 8 atom stereocenters. The summed E-state index contributed by atoms with van der Waals surface area (Å²) in [5.41, 5.74) is 0.113. The lowest BCUT2D eigenvalue weighted by molar-refractivity contribution is -0.170. The van der Waals surface area contributed by atoms with Crippen LogP contribution in [0, 0.1) is 11.8 Å². The van der Waals surface area contributed by atoms with Gasteiger partial charge in [-0.25, -0.2) is 13.4 Å². The van der Waals surface area contributed by atoms with Crippen LogP contribution >= 0.6 is 0 Å². The van der Waals surface area contributed by atoms with Crippen LogP contribution in [0.5, 0.6) is 0 Å². The number of sulfone groups is 1. The van der Waals surface area contributed by atoms with Crippen molar-refractivity contribution < 1.29 is 42.8 Å². The van der Waals surface area contributed by atoms with Crippen molar-refractivity contribution in [2.24, 2.45) is 11.8 Å². The standard InChI is InChI=1S/C22H31NO9S/c1-11(12(2)24)22-18(32-22)8-17-21(28)20(27)14(10-31-17)6-15(25)7-16(26)13-4-5-19(23-9-13)33(3,29)30/h4-5,9,11-12,14,17-18,20-22,24,27-28H,6-8,10H2,1-3H3/t11-,12-,14-,17-,18-,20+,21-,22-/m0/s1. The highest BCUT2D eigenvalue weighted by Gasteiger charge is 2.48. The summed E-state index contributed by atoms with van der Waals surface area (Å²) in [4.78, 5) is 28.5. The number of ketones is 2. The molecule has 3 rings (SSSR count). The fourth-order valence-electron chi connectivity index (χ4n) is 4.05. The summed E-state index contributed by atoms with van der Waals surface area (Å²) in [7, 11) is -3.49. The number of aromatic nitrogens is 1. The van der Waals surface area contributed by atoms with Gasteiger partial charge in [0.05, 0.1) is 43.5 Å². The number of nitrogens with zero attached hydrogens (tertiary/aromatic N) is 1. The summed E-state index contributed by atoms with van der Waals surface area (Å²) >= 11 is 0. The Bertz CT molecular complexity index is 963. The summed E-state index contributed by atoms with van der Waals surface area (Å²) in [5.74, 6) is -1.65. The molecule has 0 aliphatic carbocycles. The molecular weight excluding hydrogens is 454 g/mol. The van der Waals surface area contributed by atoms with Crippen LogP contribution in [0.2, 0.25) is 0 Å². The molecule has 184 valence electrons. The van der Waals surface area contributed by atoms with Crippen LogP contribution in [0.25, 0.3) is 0 Å². The van der Waals surface area contributed by atoms with Crippen molar-refractivity contribution >= 4 is 21.4 Å². The SMILES string of the molecule is C[C@H]([C@@H]1O[C@H]1C[C@@H]1OC[C@H](CC(=O)CC(=O)c2ccc(S(C)(=O)=O)nc2)[C@@H](O)[C@H]1O)[C@H](C)O. The number of aliphatic hydroxyl groups is 3. The zero-order chi connectivity index (χ0) is 24.5. The average molecular weight is 486 g/mol. The van der Waals surface area contributed by atoms with E-state index in [2.05, 4.69) is 4.98 Å². The molecule has 0 unspecified atom stereocenters. The van der Waals surface area contributed by atoms with Crippen molar-refractivity contribution in [3.05, 3.63) is 23.9 Å². The number of epoxide rings is 1. The van der Waals surface area contributed by atoms with E-state index in [0.29, 0.717) is 6.42 Å². The quantitative estimate of drug-likeness (QED) is 0.232. The van der Waals surface area contributed by atoms with E-state index in [4.69, 9.17) is 9.47 Å². The van der Waals surface area contributed by atoms with Gasteiger partial charge in [0, 0.05) is 42.7 Å². The van der Waals surface area contributed by atoms with Crippen molar-refractivity contribution in [3.63, 3.8) is 0 Å². The van der Waals surface area contributed by atoms with Crippen LogP contribution in [0.15, 0.2) is 23.4 Å². The summed E-state index contributed by atoms with van der Waals surface area (Å²) in [5, 5.41) is 30.5. The van der Waals surface area contributed by atoms with E-state index >= 15 is 0 Å². The number of carbonyl (C=O) groups excluding carboxylic acids is 2. The molecule has 2 aliphatic heterocycles. The third kappa shape index (κ3) is 6.43. The average Bonchev–Trinajstić information content (AvgIpc) is 3.51. The van der Waals surface area contributed by atoms with Gasteiger partial charge in [0.1, 0.15) is 11.9 Å². The number of ether oxygens (including phenoxy) is 2. The van der Waals surface area contributed by atoms with Gasteiger partial charge in [-0.15, -0.1) is 0 Å². The van der Waals surface area contributed by atoms with Crippen LogP contribution < -0.4 is 0 Å². The molecule has 2 aliphatic rings. The van der Waals surface area contributed by atoms with Crippen molar-refractivity contribution in [2.45, 2.75) is 74.8 Å². The first-order chi connectivity index (χ1) is 15.4. The monoisotopic (exact) mass is 485 g/mol. The minimum atomic E-state index is -3.49. The first-order valence-electron chi connectivity index (χ1n) is 10.9. The molecule has 33 heavy (non-hydrogen) atoms. The third-order valence-electron chi connectivity index (χ3n) is 6.39. The smallest absolute Gasteiger partial charge is 0.192 e. The molecule has 3 heterocycles. The van der Waals surface area contributed by atoms with Gasteiger partial charge in [0.15, 0.2) is 20.6 Å². The number of hydrogen-bond acceptors (Lipinski definition) is 10. The second-order valence-electron chi connectivity index (χ2n) is 9.09. The Morgan fingerprint density at radius 2 is 1.88 bits per heavy atom. The van der Waals surface area contributed by atoms with Crippen molar-refractivity contribution in [3.8, 4) is 0 Å². The van der Waals surface area contributed by atoms with Gasteiger partial charge < -0.3 is 24.8 Å². The molecule has 0 bridgehead atoms. The number of pyridine rings is 1. The topological polar surface area (TPSA) is 164 Å². The predicted molar refractivity (Wildman–Crippen MR) is 115 cm³/mol. The lowest BCUT2D eigenvalue weighted by Gasteiger charge is -2.37. The highest BCUT2D eigenvalue weighted by Crippen LogP contribution is 2.37. The molecule has 0 amide bonds. The normalized spacial score (nSPS) is 31.6. The molecule has 10 nitrogen and oxygen atoms in total. The molecule has 1 aromatic rings. The van der Waals surface area contributed by atoms with Crippen LogP contribution in [0.3, 0.4) is 0 Å². The molecule has 0 spiro atoms. The maximum absolute atomic E-state index is 12.4. The van der Waals surface area contributed by atoms with E-state index in [9.17, 15) is 33.3 Å². The van der Waals surface area contributed by atoms with E-state index in [1.54, 1.807) is 6.92 Å². The molecule has 0 radical (unpaired) electrons. The van der Waals surface area contributed by atoms with Crippen LogP contribution in [0.1, 0.15) is 43.5 Å². The van der Waals surface area contributed by atoms with Crippen molar-refractivity contribution in [2.75, 3.05) is 12.9 Å². The number of hydrogen-bond donors (Lipinski definition) is 3. The molecule has 1 aromatic heterocycles. The first kappa shape index (κ1) is 25.9. The summed E-state index contributed by atoms with van der Waals surface area (Å²) in [6.45, 7) is 3.62. The van der Waals surface area contributed by atoms with E-state index < -0.39 is 58.2 Å². The molecule has 0 aromatic carbocycles. The van der Waals surface area contributed by atoms with E-state index in [0.717, 1.165) is 12.5 Å². The molecule has 0 saturated carbocycles. The molecule has 11 heteroatoms. The lowest BCUT2D eigenvalue weighted by Crippen LogP contribution is -2.51. The Kier molecular flexibility index (Phi) is 8.03. The number of rotatable bonds is 10. The highest BCUT2D eigenvalue weighted by molar-refractivity contribution is 7.90. The Labute approximate surface area is 192 Å². The fraction of sp³-hybridized carbons (Fsp3) is 0.682. The highest BCUT2D eigenvalue weighted by atomic mass is 32.2. The Morgan fingerprint density at radius 1 is 1.18 bits per heavy atom. The van der Waals surface area contributed by atoms with Crippen LogP contribution in [-0.4, -0.2) is 89.8 Å². The zero-order valence-electron chi connectivity index (χ0n) is 18.8. The first-order valence-corrected chi connectivity index (χ1v) is 12.8. The molecule has 2 saturated heterocycles. The van der Waals surface area contributed by atoms with E-state index in [1.807, 2.05) is 6.92 Å². The van der Waals surface area contributed by atoms with Crippen LogP contribution in [0.4, 0.5) is 0 Å². The van der Waals surface area contributed by atoms with Crippen molar-refractivity contribution in [1.29, 1.82) is 0 Å². The molecule has 2 fully saturated rings. The number of carbonyl (C=O) groups is 2. The van der Waals surface area contributed by atoms with E-state index in [1.165, 1.54) is 12.1 Å². The number of aliphatic hydroxyl groups excluding tert-OH is 3. The molecular formula is C22H31NO9S. The van der Waals surface area contributed by atoms with Crippen molar-refractivity contribution in [1.82, 2.24) is 4.98 Å². The van der Waals surface area contributed by atoms with Gasteiger partial charge in [0.2, 0.25) is 0 Å². The minimum Gasteiger partial charge on any atom is -0.393 e. The Balaban J connectivity index is 1.48. The summed E-state index contributed by atoms with van der Waals surface area (Å²) in [6, 6.07) is 2.51. The second kappa shape index (κ2) is 10.2. The van der Waals surface area contributed by atoms with Gasteiger partial charge in [-0.2, -0.15) is 0 Å². The number of Topliss-reactive ketones (excluding diaryl/α,β-unsaturated/α-hetero) is 2. The lowest BCUT2D eigenvalue weighted by atomic mass is 9.85. The van der Waals surface area contributed by atoms with Crippen LogP contribution in [-0.2, 0) is 24.1 Å². The maximum atomic E-state index is 12.4. The van der Waals surface area contributed by atoms with E-state index in [-0.39, 0.29) is 41.7 Å². The molecule has 3 N–H and O–H groups in total. The largest absolute Gasteiger partial charge is 0.393 e.